The molecule has 0 unspecified atom stereocenters. The van der Waals surface area contributed by atoms with Crippen LogP contribution in [0, 0.1) is 0 Å². The van der Waals surface area contributed by atoms with Gasteiger partial charge in [0, 0.05) is 13.0 Å². The number of unbranched alkanes of at least 4 members (excludes halogenated alkanes) is 1. The highest BCUT2D eigenvalue weighted by Gasteiger charge is 2.15. The summed E-state index contributed by atoms with van der Waals surface area (Å²) in [5.41, 5.74) is 1.57. The van der Waals surface area contributed by atoms with Crippen molar-refractivity contribution in [3.05, 3.63) is 59.7 Å². The van der Waals surface area contributed by atoms with Crippen LogP contribution < -0.4 is 15.4 Å². The molecule has 2 aromatic carbocycles. The molecule has 0 aliphatic rings. The Labute approximate surface area is 176 Å². The minimum atomic E-state index is -0.660. The Morgan fingerprint density at radius 2 is 1.70 bits per heavy atom. The van der Waals surface area contributed by atoms with Gasteiger partial charge in [-0.05, 0) is 42.7 Å². The van der Waals surface area contributed by atoms with Gasteiger partial charge in [-0.3, -0.25) is 9.59 Å². The number of benzene rings is 2. The van der Waals surface area contributed by atoms with Crippen LogP contribution in [0.2, 0.25) is 0 Å². The number of esters is 1. The molecule has 160 valence electrons. The van der Waals surface area contributed by atoms with Gasteiger partial charge >= 0.3 is 5.97 Å². The zero-order valence-electron chi connectivity index (χ0n) is 17.4. The predicted molar refractivity (Wildman–Crippen MR) is 115 cm³/mol. The van der Waals surface area contributed by atoms with Gasteiger partial charge in [0.15, 0.2) is 6.61 Å². The van der Waals surface area contributed by atoms with Crippen LogP contribution in [0.5, 0.6) is 5.75 Å². The SMILES string of the molecule is CCCCNC(=O)COC(=O)c1ccccc1NC(=O)CCc1ccc(OC)cc1. The van der Waals surface area contributed by atoms with E-state index in [1.54, 1.807) is 31.4 Å². The van der Waals surface area contributed by atoms with Gasteiger partial charge in [0.25, 0.3) is 5.91 Å². The average molecular weight is 412 g/mol. The zero-order chi connectivity index (χ0) is 21.8. The minimum Gasteiger partial charge on any atom is -0.497 e. The van der Waals surface area contributed by atoms with Gasteiger partial charge < -0.3 is 20.1 Å². The molecule has 30 heavy (non-hydrogen) atoms. The number of amides is 2. The standard InChI is InChI=1S/C23H28N2O5/c1-3-4-15-24-22(27)16-30-23(28)19-7-5-6-8-20(19)25-21(26)14-11-17-9-12-18(29-2)13-10-17/h5-10,12-13H,3-4,11,14-16H2,1-2H3,(H,24,27)(H,25,26). The number of rotatable bonds is 11. The second-order valence-electron chi connectivity index (χ2n) is 6.72. The first-order valence-corrected chi connectivity index (χ1v) is 9.99. The Bertz CT molecular complexity index is 849. The summed E-state index contributed by atoms with van der Waals surface area (Å²) in [5.74, 6) is -0.470. The minimum absolute atomic E-state index is 0.205. The molecule has 2 rings (SSSR count). The normalized spacial score (nSPS) is 10.2. The highest BCUT2D eigenvalue weighted by atomic mass is 16.5. The topological polar surface area (TPSA) is 93.7 Å². The van der Waals surface area contributed by atoms with Crippen LogP contribution in [0.15, 0.2) is 48.5 Å². The van der Waals surface area contributed by atoms with Gasteiger partial charge in [0.05, 0.1) is 18.4 Å². The number of carbonyl (C=O) groups is 3. The Morgan fingerprint density at radius 1 is 0.967 bits per heavy atom. The van der Waals surface area contributed by atoms with Crippen LogP contribution in [0.4, 0.5) is 5.69 Å². The summed E-state index contributed by atoms with van der Waals surface area (Å²) in [5, 5.41) is 5.43. The van der Waals surface area contributed by atoms with E-state index in [4.69, 9.17) is 9.47 Å². The molecule has 0 fully saturated rings. The monoisotopic (exact) mass is 412 g/mol. The maximum absolute atomic E-state index is 12.4. The quantitative estimate of drug-likeness (QED) is 0.436. The van der Waals surface area contributed by atoms with Crippen molar-refractivity contribution in [1.82, 2.24) is 5.32 Å². The van der Waals surface area contributed by atoms with Gasteiger partial charge in [0.1, 0.15) is 5.75 Å². The molecule has 0 saturated carbocycles. The van der Waals surface area contributed by atoms with Crippen LogP contribution in [0.25, 0.3) is 0 Å². The number of ether oxygens (including phenoxy) is 2. The lowest BCUT2D eigenvalue weighted by atomic mass is 10.1. The summed E-state index contributed by atoms with van der Waals surface area (Å²) in [6.45, 7) is 2.21. The third-order valence-corrected chi connectivity index (χ3v) is 4.41. The second-order valence-corrected chi connectivity index (χ2v) is 6.72. The van der Waals surface area contributed by atoms with E-state index in [-0.39, 0.29) is 30.4 Å². The number of methoxy groups -OCH3 is 1. The molecular weight excluding hydrogens is 384 g/mol. The van der Waals surface area contributed by atoms with Crippen LogP contribution in [0.1, 0.15) is 42.1 Å². The maximum Gasteiger partial charge on any atom is 0.340 e. The van der Waals surface area contributed by atoms with E-state index >= 15 is 0 Å². The molecule has 2 aromatic rings. The molecule has 0 aromatic heterocycles. The number of carbonyl (C=O) groups excluding carboxylic acids is 3. The fourth-order valence-electron chi connectivity index (χ4n) is 2.70. The molecule has 0 bridgehead atoms. The molecule has 7 nitrogen and oxygen atoms in total. The van der Waals surface area contributed by atoms with Crippen LogP contribution >= 0.6 is 0 Å². The number of hydrogen-bond donors (Lipinski definition) is 2. The first-order valence-electron chi connectivity index (χ1n) is 9.99. The number of hydrogen-bond acceptors (Lipinski definition) is 5. The summed E-state index contributed by atoms with van der Waals surface area (Å²) in [4.78, 5) is 36.4. The van der Waals surface area contributed by atoms with Crippen molar-refractivity contribution in [3.8, 4) is 5.75 Å². The molecule has 0 atom stereocenters. The van der Waals surface area contributed by atoms with Gasteiger partial charge in [-0.1, -0.05) is 37.6 Å². The number of nitrogens with one attached hydrogen (secondary N) is 2. The molecule has 0 radical (unpaired) electrons. The van der Waals surface area contributed by atoms with Crippen molar-refractivity contribution >= 4 is 23.5 Å². The summed E-state index contributed by atoms with van der Waals surface area (Å²) in [6, 6.07) is 14.1. The fourth-order valence-corrected chi connectivity index (χ4v) is 2.70. The molecule has 2 N–H and O–H groups in total. The smallest absolute Gasteiger partial charge is 0.340 e. The highest BCUT2D eigenvalue weighted by Crippen LogP contribution is 2.17. The van der Waals surface area contributed by atoms with Crippen molar-refractivity contribution in [2.24, 2.45) is 0 Å². The summed E-state index contributed by atoms with van der Waals surface area (Å²) in [6.07, 6.45) is 2.65. The Hall–Kier alpha value is -3.35. The van der Waals surface area contributed by atoms with E-state index in [9.17, 15) is 14.4 Å². The molecular formula is C23H28N2O5. The van der Waals surface area contributed by atoms with Crippen molar-refractivity contribution in [2.45, 2.75) is 32.6 Å². The summed E-state index contributed by atoms with van der Waals surface area (Å²) >= 11 is 0. The van der Waals surface area contributed by atoms with Crippen LogP contribution in [0.3, 0.4) is 0 Å². The molecule has 0 saturated heterocycles. The van der Waals surface area contributed by atoms with Crippen molar-refractivity contribution < 1.29 is 23.9 Å². The molecule has 7 heteroatoms. The lowest BCUT2D eigenvalue weighted by Gasteiger charge is -2.11. The summed E-state index contributed by atoms with van der Waals surface area (Å²) < 4.78 is 10.2. The maximum atomic E-state index is 12.4. The van der Waals surface area contributed by atoms with Crippen molar-refractivity contribution in [2.75, 3.05) is 25.6 Å². The van der Waals surface area contributed by atoms with E-state index in [0.29, 0.717) is 18.7 Å². The third-order valence-electron chi connectivity index (χ3n) is 4.41. The molecule has 0 spiro atoms. The number of para-hydroxylation sites is 1. The molecule has 0 heterocycles. The Morgan fingerprint density at radius 3 is 2.40 bits per heavy atom. The van der Waals surface area contributed by atoms with E-state index in [1.165, 1.54) is 0 Å². The number of anilines is 1. The largest absolute Gasteiger partial charge is 0.497 e. The lowest BCUT2D eigenvalue weighted by molar-refractivity contribution is -0.124. The fraction of sp³-hybridized carbons (Fsp3) is 0.348. The van der Waals surface area contributed by atoms with E-state index in [1.807, 2.05) is 31.2 Å². The Kier molecular flexibility index (Phi) is 9.37. The zero-order valence-corrected chi connectivity index (χ0v) is 17.4. The van der Waals surface area contributed by atoms with E-state index < -0.39 is 5.97 Å². The van der Waals surface area contributed by atoms with Crippen molar-refractivity contribution in [1.29, 1.82) is 0 Å². The molecule has 0 aliphatic carbocycles. The lowest BCUT2D eigenvalue weighted by Crippen LogP contribution is -2.29. The summed E-state index contributed by atoms with van der Waals surface area (Å²) in [7, 11) is 1.60. The van der Waals surface area contributed by atoms with Gasteiger partial charge in [-0.25, -0.2) is 4.79 Å². The van der Waals surface area contributed by atoms with Gasteiger partial charge in [-0.2, -0.15) is 0 Å². The van der Waals surface area contributed by atoms with E-state index in [2.05, 4.69) is 10.6 Å². The Balaban J connectivity index is 1.87. The van der Waals surface area contributed by atoms with Gasteiger partial charge in [-0.15, -0.1) is 0 Å². The van der Waals surface area contributed by atoms with Gasteiger partial charge in [0.2, 0.25) is 5.91 Å². The first-order chi connectivity index (χ1) is 14.5. The third kappa shape index (κ3) is 7.58. The second kappa shape index (κ2) is 12.3. The number of aryl methyl sites for hydroxylation is 1. The van der Waals surface area contributed by atoms with Crippen LogP contribution in [-0.2, 0) is 20.7 Å². The van der Waals surface area contributed by atoms with Crippen LogP contribution in [-0.4, -0.2) is 38.0 Å². The van der Waals surface area contributed by atoms with Crippen molar-refractivity contribution in [3.63, 3.8) is 0 Å². The molecule has 0 aliphatic heterocycles. The molecule has 2 amide bonds. The predicted octanol–water partition coefficient (Wildman–Crippen LogP) is 3.34. The van der Waals surface area contributed by atoms with E-state index in [0.717, 1.165) is 24.2 Å². The highest BCUT2D eigenvalue weighted by molar-refractivity contribution is 6.01. The average Bonchev–Trinajstić information content (AvgIpc) is 2.77. The first kappa shape index (κ1) is 22.9.